The van der Waals surface area contributed by atoms with Crippen molar-refractivity contribution in [3.8, 4) is 0 Å². The number of aliphatic imine (C=N–C) groups is 1. The maximum absolute atomic E-state index is 14.3. The zero-order chi connectivity index (χ0) is 21.8. The molecule has 8 nitrogen and oxygen atoms in total. The highest BCUT2D eigenvalue weighted by atomic mass is 19.1. The van der Waals surface area contributed by atoms with Crippen LogP contribution in [0, 0.1) is 5.82 Å². The summed E-state index contributed by atoms with van der Waals surface area (Å²) in [6.45, 7) is 6.98. The second-order valence-corrected chi connectivity index (χ2v) is 8.44. The molecule has 2 fully saturated rings. The first-order valence-electron chi connectivity index (χ1n) is 11.0. The van der Waals surface area contributed by atoms with E-state index in [0.29, 0.717) is 17.3 Å². The van der Waals surface area contributed by atoms with Gasteiger partial charge in [0.05, 0.1) is 25.0 Å². The van der Waals surface area contributed by atoms with Gasteiger partial charge in [0.1, 0.15) is 0 Å². The van der Waals surface area contributed by atoms with Crippen molar-refractivity contribution in [2.24, 2.45) is 4.99 Å². The van der Waals surface area contributed by atoms with Gasteiger partial charge in [0.2, 0.25) is 5.96 Å². The van der Waals surface area contributed by atoms with Crippen molar-refractivity contribution in [3.63, 3.8) is 0 Å². The van der Waals surface area contributed by atoms with Crippen LogP contribution < -0.4 is 0 Å². The predicted molar refractivity (Wildman–Crippen MR) is 117 cm³/mol. The molecule has 1 aromatic heterocycles. The Balaban J connectivity index is 1.43. The number of likely N-dealkylation sites (tertiary alicyclic amines) is 1. The molecule has 2 saturated heterocycles. The number of pyridine rings is 1. The Kier molecular flexibility index (Phi) is 6.94. The van der Waals surface area contributed by atoms with Crippen LogP contribution in [0.5, 0.6) is 0 Å². The second-order valence-electron chi connectivity index (χ2n) is 8.44. The predicted octanol–water partition coefficient (Wildman–Crippen LogP) is 0.506. The molecule has 0 unspecified atom stereocenters. The van der Waals surface area contributed by atoms with Gasteiger partial charge in [0.25, 0.3) is 0 Å². The summed E-state index contributed by atoms with van der Waals surface area (Å²) in [5, 5.41) is 9.13. The minimum absolute atomic E-state index is 0.0944. The lowest BCUT2D eigenvalue weighted by molar-refractivity contribution is -0.114. The smallest absolute Gasteiger partial charge is 0.202 e. The van der Waals surface area contributed by atoms with E-state index in [-0.39, 0.29) is 18.9 Å². The maximum Gasteiger partial charge on any atom is 0.202 e. The minimum Gasteiger partial charge on any atom is -0.395 e. The number of guanidine groups is 1. The summed E-state index contributed by atoms with van der Waals surface area (Å²) in [5.74, 6) is 0.149. The van der Waals surface area contributed by atoms with E-state index in [1.165, 1.54) is 12.3 Å². The van der Waals surface area contributed by atoms with Crippen LogP contribution in [0.4, 0.5) is 4.39 Å². The average Bonchev–Trinajstić information content (AvgIpc) is 2.92. The minimum atomic E-state index is -0.478. The standard InChI is InChI=1S/C22H31FN6O2/c1-26-16-18(31)14-21(19-2-5-24-15-20(19)23)25-22(26)29-6-3-17(4-7-29)28-10-8-27(9-11-28)12-13-30/h2,5,14-15,17,30H,3-4,6-13,16H2,1H3. The van der Waals surface area contributed by atoms with Crippen LogP contribution in [-0.2, 0) is 4.79 Å². The van der Waals surface area contributed by atoms with Gasteiger partial charge in [-0.25, -0.2) is 9.38 Å². The number of rotatable bonds is 4. The third-order valence-electron chi connectivity index (χ3n) is 6.39. The fraction of sp³-hybridized carbons (Fsp3) is 0.591. The zero-order valence-corrected chi connectivity index (χ0v) is 18.1. The molecule has 168 valence electrons. The van der Waals surface area contributed by atoms with Gasteiger partial charge >= 0.3 is 0 Å². The highest BCUT2D eigenvalue weighted by molar-refractivity contribution is 6.03. The lowest BCUT2D eigenvalue weighted by Gasteiger charge is -2.44. The lowest BCUT2D eigenvalue weighted by atomic mass is 10.0. The van der Waals surface area contributed by atoms with Gasteiger partial charge in [-0.1, -0.05) is 0 Å². The Morgan fingerprint density at radius 3 is 2.58 bits per heavy atom. The van der Waals surface area contributed by atoms with Gasteiger partial charge in [-0.2, -0.15) is 0 Å². The maximum atomic E-state index is 14.3. The number of hydrogen-bond donors (Lipinski definition) is 1. The van der Waals surface area contributed by atoms with Gasteiger partial charge in [0.15, 0.2) is 11.6 Å². The first kappa shape index (κ1) is 21.9. The molecule has 31 heavy (non-hydrogen) atoms. The molecule has 0 aromatic carbocycles. The topological polar surface area (TPSA) is 75.5 Å². The summed E-state index contributed by atoms with van der Waals surface area (Å²) in [6.07, 6.45) is 6.16. The SMILES string of the molecule is CN1CC(=O)C=C(c2ccncc2F)N=C1N1CCC(N2CCN(CCO)CC2)CC1. The van der Waals surface area contributed by atoms with Crippen molar-refractivity contribution in [2.75, 3.05) is 66.0 Å². The summed E-state index contributed by atoms with van der Waals surface area (Å²) in [4.78, 5) is 29.8. The van der Waals surface area contributed by atoms with Crippen LogP contribution in [0.15, 0.2) is 29.5 Å². The molecule has 1 aromatic rings. The summed E-state index contributed by atoms with van der Waals surface area (Å²) in [6, 6.07) is 2.10. The molecule has 0 spiro atoms. The average molecular weight is 431 g/mol. The van der Waals surface area contributed by atoms with Crippen LogP contribution >= 0.6 is 0 Å². The van der Waals surface area contributed by atoms with Gasteiger partial charge in [0, 0.05) is 76.7 Å². The fourth-order valence-electron chi connectivity index (χ4n) is 4.69. The van der Waals surface area contributed by atoms with Gasteiger partial charge < -0.3 is 14.9 Å². The number of likely N-dealkylation sites (N-methyl/N-ethyl adjacent to an activating group) is 1. The molecule has 1 N–H and O–H groups in total. The molecular weight excluding hydrogens is 399 g/mol. The number of aliphatic hydroxyl groups is 1. The first-order chi connectivity index (χ1) is 15.0. The van der Waals surface area contributed by atoms with E-state index in [4.69, 9.17) is 10.1 Å². The van der Waals surface area contributed by atoms with E-state index in [9.17, 15) is 9.18 Å². The number of nitrogens with zero attached hydrogens (tertiary/aromatic N) is 6. The fourth-order valence-corrected chi connectivity index (χ4v) is 4.69. The molecule has 0 saturated carbocycles. The number of carbonyl (C=O) groups is 1. The summed E-state index contributed by atoms with van der Waals surface area (Å²) >= 11 is 0. The summed E-state index contributed by atoms with van der Waals surface area (Å²) < 4.78 is 14.3. The van der Waals surface area contributed by atoms with E-state index in [1.807, 2.05) is 11.9 Å². The number of β-amino-alcohol motifs (C(OH)–C–C–N with tert-alkyl or cyclic N) is 1. The van der Waals surface area contributed by atoms with Crippen molar-refractivity contribution < 1.29 is 14.3 Å². The van der Waals surface area contributed by atoms with E-state index in [1.54, 1.807) is 6.07 Å². The monoisotopic (exact) mass is 430 g/mol. The molecule has 9 heteroatoms. The van der Waals surface area contributed by atoms with E-state index in [2.05, 4.69) is 19.7 Å². The number of aliphatic hydroxyl groups excluding tert-OH is 1. The van der Waals surface area contributed by atoms with E-state index in [0.717, 1.165) is 70.8 Å². The number of carbonyl (C=O) groups excluding carboxylic acids is 1. The lowest BCUT2D eigenvalue weighted by Crippen LogP contribution is -2.55. The number of hydrogen-bond acceptors (Lipinski definition) is 8. The molecule has 4 rings (SSSR count). The number of piperidine rings is 1. The van der Waals surface area contributed by atoms with Crippen molar-refractivity contribution in [3.05, 3.63) is 35.9 Å². The third kappa shape index (κ3) is 5.11. The Morgan fingerprint density at radius 2 is 1.90 bits per heavy atom. The van der Waals surface area contributed by atoms with Crippen LogP contribution in [0.25, 0.3) is 5.70 Å². The molecule has 3 aliphatic heterocycles. The quantitative estimate of drug-likeness (QED) is 0.746. The highest BCUT2D eigenvalue weighted by Crippen LogP contribution is 2.24. The van der Waals surface area contributed by atoms with Crippen molar-refractivity contribution in [1.29, 1.82) is 0 Å². The van der Waals surface area contributed by atoms with Crippen molar-refractivity contribution in [1.82, 2.24) is 24.6 Å². The molecular formula is C22H31FN6O2. The van der Waals surface area contributed by atoms with Crippen molar-refractivity contribution >= 4 is 17.4 Å². The highest BCUT2D eigenvalue weighted by Gasteiger charge is 2.30. The second kappa shape index (κ2) is 9.84. The number of ketones is 1. The third-order valence-corrected chi connectivity index (χ3v) is 6.39. The number of halogens is 1. The largest absolute Gasteiger partial charge is 0.395 e. The Labute approximate surface area is 182 Å². The van der Waals surface area contributed by atoms with Gasteiger partial charge in [-0.3, -0.25) is 19.6 Å². The number of piperazine rings is 1. The molecule has 0 bridgehead atoms. The Morgan fingerprint density at radius 1 is 1.16 bits per heavy atom. The van der Waals surface area contributed by atoms with Crippen LogP contribution in [0.2, 0.25) is 0 Å². The molecule has 0 radical (unpaired) electrons. The Hall–Kier alpha value is -2.36. The van der Waals surface area contributed by atoms with Crippen LogP contribution in [0.1, 0.15) is 18.4 Å². The molecule has 4 heterocycles. The summed E-state index contributed by atoms with van der Waals surface area (Å²) in [5.41, 5.74) is 0.651. The van der Waals surface area contributed by atoms with Gasteiger partial charge in [-0.05, 0) is 18.9 Å². The van der Waals surface area contributed by atoms with E-state index >= 15 is 0 Å². The first-order valence-corrected chi connectivity index (χ1v) is 11.0. The summed E-state index contributed by atoms with van der Waals surface area (Å²) in [7, 11) is 1.86. The Bertz CT molecular complexity index is 844. The zero-order valence-electron chi connectivity index (χ0n) is 18.1. The normalized spacial score (nSPS) is 22.4. The van der Waals surface area contributed by atoms with Crippen molar-refractivity contribution in [2.45, 2.75) is 18.9 Å². The molecule has 0 aliphatic carbocycles. The number of aromatic nitrogens is 1. The van der Waals surface area contributed by atoms with Crippen LogP contribution in [-0.4, -0.2) is 113 Å². The van der Waals surface area contributed by atoms with E-state index < -0.39 is 5.82 Å². The van der Waals surface area contributed by atoms with Crippen LogP contribution in [0.3, 0.4) is 0 Å². The molecule has 3 aliphatic rings. The molecule has 0 atom stereocenters. The van der Waals surface area contributed by atoms with Gasteiger partial charge in [-0.15, -0.1) is 0 Å². The molecule has 0 amide bonds.